The van der Waals surface area contributed by atoms with E-state index >= 15 is 0 Å². The maximum absolute atomic E-state index is 12.7. The van der Waals surface area contributed by atoms with Crippen molar-refractivity contribution in [1.29, 1.82) is 0 Å². The van der Waals surface area contributed by atoms with E-state index in [-0.39, 0.29) is 18.3 Å². The first-order valence-corrected chi connectivity index (χ1v) is 10.4. The van der Waals surface area contributed by atoms with Gasteiger partial charge in [-0.2, -0.15) is 0 Å². The molecular formula is C20H18BrNO4S. The molecule has 0 radical (unpaired) electrons. The van der Waals surface area contributed by atoms with Gasteiger partial charge >= 0.3 is 5.97 Å². The number of fused-ring (bicyclic) bond motifs is 2. The molecule has 3 aromatic rings. The molecule has 0 fully saturated rings. The molecule has 0 spiro atoms. The monoisotopic (exact) mass is 447 g/mol. The highest BCUT2D eigenvalue weighted by Crippen LogP contribution is 2.38. The number of halogens is 1. The Labute approximate surface area is 168 Å². The molecule has 0 bridgehead atoms. The summed E-state index contributed by atoms with van der Waals surface area (Å²) < 4.78 is 11.4. The number of furan rings is 1. The van der Waals surface area contributed by atoms with Crippen LogP contribution in [0.5, 0.6) is 0 Å². The summed E-state index contributed by atoms with van der Waals surface area (Å²) in [6.45, 7) is 0. The minimum Gasteiger partial charge on any atom is -0.465 e. The van der Waals surface area contributed by atoms with Crippen LogP contribution >= 0.6 is 27.3 Å². The summed E-state index contributed by atoms with van der Waals surface area (Å²) in [6, 6.07) is 5.70. The fourth-order valence-corrected chi connectivity index (χ4v) is 5.16. The van der Waals surface area contributed by atoms with Gasteiger partial charge in [0, 0.05) is 20.3 Å². The van der Waals surface area contributed by atoms with Gasteiger partial charge in [-0.1, -0.05) is 15.9 Å². The third kappa shape index (κ3) is 3.53. The number of benzene rings is 1. The number of methoxy groups -OCH3 is 1. The Hall–Kier alpha value is -2.12. The third-order valence-electron chi connectivity index (χ3n) is 4.78. The summed E-state index contributed by atoms with van der Waals surface area (Å²) in [5.41, 5.74) is 3.10. The number of carbonyl (C=O) groups excluding carboxylic acids is 2. The van der Waals surface area contributed by atoms with Gasteiger partial charge in [0.1, 0.15) is 10.6 Å². The SMILES string of the molecule is COC(=O)c1c(NC(=O)Cc2coc3ccc(Br)cc23)sc2c1CCCC2. The first-order valence-electron chi connectivity index (χ1n) is 8.75. The number of hydrogen-bond donors (Lipinski definition) is 1. The van der Waals surface area contributed by atoms with Crippen LogP contribution in [0, 0.1) is 0 Å². The summed E-state index contributed by atoms with van der Waals surface area (Å²) in [7, 11) is 1.37. The predicted molar refractivity (Wildman–Crippen MR) is 109 cm³/mol. The Kier molecular flexibility index (Phi) is 5.06. The lowest BCUT2D eigenvalue weighted by Crippen LogP contribution is -2.16. The smallest absolute Gasteiger partial charge is 0.341 e. The van der Waals surface area contributed by atoms with Crippen LogP contribution < -0.4 is 5.32 Å². The van der Waals surface area contributed by atoms with Crippen molar-refractivity contribution in [2.75, 3.05) is 12.4 Å². The Morgan fingerprint density at radius 3 is 2.93 bits per heavy atom. The zero-order valence-electron chi connectivity index (χ0n) is 14.8. The van der Waals surface area contributed by atoms with Gasteiger partial charge in [0.2, 0.25) is 5.91 Å². The Morgan fingerprint density at radius 2 is 2.11 bits per heavy atom. The Balaban J connectivity index is 1.60. The van der Waals surface area contributed by atoms with E-state index in [2.05, 4.69) is 21.2 Å². The van der Waals surface area contributed by atoms with Gasteiger partial charge in [0.25, 0.3) is 0 Å². The molecule has 1 aromatic carbocycles. The number of ether oxygens (including phenoxy) is 1. The second kappa shape index (κ2) is 7.48. The van der Waals surface area contributed by atoms with Crippen molar-refractivity contribution in [1.82, 2.24) is 0 Å². The first-order chi connectivity index (χ1) is 13.1. The van der Waals surface area contributed by atoms with Crippen LogP contribution in [0.3, 0.4) is 0 Å². The van der Waals surface area contributed by atoms with Gasteiger partial charge in [0.05, 0.1) is 25.4 Å². The van der Waals surface area contributed by atoms with Crippen LogP contribution in [0.15, 0.2) is 33.4 Å². The lowest BCUT2D eigenvalue weighted by Gasteiger charge is -2.11. The lowest BCUT2D eigenvalue weighted by atomic mass is 9.95. The summed E-state index contributed by atoms with van der Waals surface area (Å²) >= 11 is 4.93. The van der Waals surface area contributed by atoms with E-state index in [1.54, 1.807) is 6.26 Å². The molecule has 0 unspecified atom stereocenters. The van der Waals surface area contributed by atoms with E-state index in [1.807, 2.05) is 18.2 Å². The summed E-state index contributed by atoms with van der Waals surface area (Å²) in [6.07, 6.45) is 5.74. The lowest BCUT2D eigenvalue weighted by molar-refractivity contribution is -0.115. The van der Waals surface area contributed by atoms with Crippen LogP contribution in [-0.2, 0) is 28.8 Å². The van der Waals surface area contributed by atoms with Crippen LogP contribution in [0.1, 0.15) is 39.2 Å². The highest BCUT2D eigenvalue weighted by Gasteiger charge is 2.27. The van der Waals surface area contributed by atoms with Crippen molar-refractivity contribution < 1.29 is 18.7 Å². The average Bonchev–Trinajstić information content (AvgIpc) is 3.21. The van der Waals surface area contributed by atoms with Crippen LogP contribution in [0.2, 0.25) is 0 Å². The van der Waals surface area contributed by atoms with Gasteiger partial charge in [-0.05, 0) is 49.4 Å². The van der Waals surface area contributed by atoms with E-state index in [1.165, 1.54) is 23.3 Å². The van der Waals surface area contributed by atoms with E-state index in [0.717, 1.165) is 52.3 Å². The van der Waals surface area contributed by atoms with Gasteiger partial charge < -0.3 is 14.5 Å². The fourth-order valence-electron chi connectivity index (χ4n) is 3.51. The molecule has 1 aliphatic carbocycles. The van der Waals surface area contributed by atoms with Gasteiger partial charge in [-0.3, -0.25) is 4.79 Å². The Morgan fingerprint density at radius 1 is 1.30 bits per heavy atom. The number of rotatable bonds is 4. The molecule has 1 aliphatic rings. The van der Waals surface area contributed by atoms with Crippen LogP contribution in [-0.4, -0.2) is 19.0 Å². The molecule has 27 heavy (non-hydrogen) atoms. The van der Waals surface area contributed by atoms with E-state index in [4.69, 9.17) is 9.15 Å². The first kappa shape index (κ1) is 18.3. The topological polar surface area (TPSA) is 68.5 Å². The number of anilines is 1. The van der Waals surface area contributed by atoms with Crippen molar-refractivity contribution in [2.24, 2.45) is 0 Å². The summed E-state index contributed by atoms with van der Waals surface area (Å²) in [5, 5.41) is 4.42. The highest BCUT2D eigenvalue weighted by atomic mass is 79.9. The van der Waals surface area contributed by atoms with Crippen molar-refractivity contribution in [2.45, 2.75) is 32.1 Å². The largest absolute Gasteiger partial charge is 0.465 e. The number of carbonyl (C=O) groups is 2. The van der Waals surface area contributed by atoms with E-state index in [0.29, 0.717) is 10.6 Å². The molecular weight excluding hydrogens is 430 g/mol. The maximum Gasteiger partial charge on any atom is 0.341 e. The molecule has 1 N–H and O–H groups in total. The molecule has 140 valence electrons. The van der Waals surface area contributed by atoms with Gasteiger partial charge in [0.15, 0.2) is 0 Å². The minimum absolute atomic E-state index is 0.173. The summed E-state index contributed by atoms with van der Waals surface area (Å²) in [5.74, 6) is -0.566. The highest BCUT2D eigenvalue weighted by molar-refractivity contribution is 9.10. The van der Waals surface area contributed by atoms with Gasteiger partial charge in [-0.25, -0.2) is 4.79 Å². The standard InChI is InChI=1S/C20H18BrNO4S/c1-25-20(24)18-13-4-2-3-5-16(13)27-19(18)22-17(23)8-11-10-26-15-7-6-12(21)9-14(11)15/h6-7,9-10H,2-5,8H2,1H3,(H,22,23). The van der Waals surface area contributed by atoms with Crippen molar-refractivity contribution >= 4 is 55.1 Å². The number of amides is 1. The molecule has 5 nitrogen and oxygen atoms in total. The number of esters is 1. The molecule has 0 saturated heterocycles. The van der Waals surface area contributed by atoms with Crippen molar-refractivity contribution in [3.05, 3.63) is 50.5 Å². The number of thiophene rings is 1. The second-order valence-electron chi connectivity index (χ2n) is 6.53. The second-order valence-corrected chi connectivity index (χ2v) is 8.55. The molecule has 0 saturated carbocycles. The zero-order chi connectivity index (χ0) is 19.0. The van der Waals surface area contributed by atoms with Crippen LogP contribution in [0.4, 0.5) is 5.00 Å². The Bertz CT molecular complexity index is 1040. The van der Waals surface area contributed by atoms with Crippen molar-refractivity contribution in [3.8, 4) is 0 Å². The maximum atomic E-state index is 12.7. The normalized spacial score (nSPS) is 13.4. The molecule has 7 heteroatoms. The van der Waals surface area contributed by atoms with Gasteiger partial charge in [-0.15, -0.1) is 11.3 Å². The molecule has 2 heterocycles. The predicted octanol–water partition coefficient (Wildman–Crippen LogP) is 5.10. The number of aryl methyl sites for hydroxylation is 1. The molecule has 4 rings (SSSR count). The van der Waals surface area contributed by atoms with Crippen LogP contribution in [0.25, 0.3) is 11.0 Å². The molecule has 1 amide bonds. The minimum atomic E-state index is -0.387. The average molecular weight is 448 g/mol. The summed E-state index contributed by atoms with van der Waals surface area (Å²) in [4.78, 5) is 26.1. The molecule has 2 aromatic heterocycles. The van der Waals surface area contributed by atoms with E-state index < -0.39 is 0 Å². The zero-order valence-corrected chi connectivity index (χ0v) is 17.2. The molecule has 0 atom stereocenters. The van der Waals surface area contributed by atoms with E-state index in [9.17, 15) is 9.59 Å². The molecule has 0 aliphatic heterocycles. The fraction of sp³-hybridized carbons (Fsp3) is 0.300. The number of hydrogen-bond acceptors (Lipinski definition) is 5. The number of nitrogens with one attached hydrogen (secondary N) is 1. The quantitative estimate of drug-likeness (QED) is 0.564. The third-order valence-corrected chi connectivity index (χ3v) is 6.48. The van der Waals surface area contributed by atoms with Crippen molar-refractivity contribution in [3.63, 3.8) is 0 Å².